The Labute approximate surface area is 244 Å². The van der Waals surface area contributed by atoms with Crippen LogP contribution in [0.25, 0.3) is 22.3 Å². The first-order valence-corrected chi connectivity index (χ1v) is 14.0. The van der Waals surface area contributed by atoms with Crippen LogP contribution < -0.4 is 18.9 Å². The minimum Gasteiger partial charge on any atom is -0.491 e. The van der Waals surface area contributed by atoms with E-state index in [1.165, 1.54) is 0 Å². The van der Waals surface area contributed by atoms with Gasteiger partial charge in [-0.1, -0.05) is 54.6 Å². The molecule has 5 aromatic rings. The number of aromatic nitrogens is 1. The molecule has 0 saturated carbocycles. The third-order valence-electron chi connectivity index (χ3n) is 6.90. The SMILES string of the molecule is c1cc(Oc2ccc(-c3ccc(OCC4CO4)cc3)cc2)nc(Oc2ccc(-c3ccc(OCC4CO4)cc3)cc2)c1. The maximum absolute atomic E-state index is 6.01. The van der Waals surface area contributed by atoms with Crippen LogP contribution in [0.2, 0.25) is 0 Å². The monoisotopic (exact) mass is 559 g/mol. The van der Waals surface area contributed by atoms with E-state index in [0.717, 1.165) is 47.0 Å². The van der Waals surface area contributed by atoms with Gasteiger partial charge in [0.1, 0.15) is 48.4 Å². The van der Waals surface area contributed by atoms with Crippen LogP contribution in [0.15, 0.2) is 115 Å². The topological polar surface area (TPSA) is 74.9 Å². The van der Waals surface area contributed by atoms with Crippen LogP contribution in [0.3, 0.4) is 0 Å². The Kier molecular flexibility index (Phi) is 7.42. The Hall–Kier alpha value is -4.85. The molecular formula is C35H29NO6. The average Bonchev–Trinajstić information content (AvgIpc) is 3.97. The first-order chi connectivity index (χ1) is 20.7. The molecule has 2 fully saturated rings. The zero-order chi connectivity index (χ0) is 28.1. The van der Waals surface area contributed by atoms with Gasteiger partial charge in [0, 0.05) is 12.1 Å². The van der Waals surface area contributed by atoms with Crippen molar-refractivity contribution in [1.29, 1.82) is 0 Å². The van der Waals surface area contributed by atoms with Crippen LogP contribution >= 0.6 is 0 Å². The number of epoxide rings is 2. The smallest absolute Gasteiger partial charge is 0.222 e. The second kappa shape index (κ2) is 11.9. The van der Waals surface area contributed by atoms with Gasteiger partial charge in [-0.25, -0.2) is 0 Å². The summed E-state index contributed by atoms with van der Waals surface area (Å²) in [6.45, 7) is 2.77. The van der Waals surface area contributed by atoms with Crippen molar-refractivity contribution in [2.45, 2.75) is 12.2 Å². The molecule has 3 heterocycles. The first-order valence-electron chi connectivity index (χ1n) is 14.0. The lowest BCUT2D eigenvalue weighted by molar-refractivity contribution is 0.263. The molecule has 7 nitrogen and oxygen atoms in total. The Morgan fingerprint density at radius 3 is 1.14 bits per heavy atom. The Balaban J connectivity index is 0.941. The molecular weight excluding hydrogens is 530 g/mol. The summed E-state index contributed by atoms with van der Waals surface area (Å²) in [5, 5.41) is 0. The number of pyridine rings is 1. The number of hydrogen-bond donors (Lipinski definition) is 0. The van der Waals surface area contributed by atoms with Gasteiger partial charge in [-0.2, -0.15) is 4.98 Å². The lowest BCUT2D eigenvalue weighted by Gasteiger charge is -2.10. The highest BCUT2D eigenvalue weighted by Crippen LogP contribution is 2.30. The summed E-state index contributed by atoms with van der Waals surface area (Å²) in [6, 6.07) is 37.4. The molecule has 2 unspecified atom stereocenters. The summed E-state index contributed by atoms with van der Waals surface area (Å²) in [7, 11) is 0. The fraction of sp³-hybridized carbons (Fsp3) is 0.171. The van der Waals surface area contributed by atoms with Crippen LogP contribution in [0.5, 0.6) is 34.8 Å². The van der Waals surface area contributed by atoms with Crippen LogP contribution in [0, 0.1) is 0 Å². The Bertz CT molecular complexity index is 1490. The highest BCUT2D eigenvalue weighted by atomic mass is 16.6. The molecule has 0 bridgehead atoms. The molecule has 1 aromatic heterocycles. The summed E-state index contributed by atoms with van der Waals surface area (Å²) in [5.41, 5.74) is 4.37. The maximum atomic E-state index is 6.01. The summed E-state index contributed by atoms with van der Waals surface area (Å²) in [5.74, 6) is 3.97. The molecule has 210 valence electrons. The molecule has 2 aliphatic rings. The minimum absolute atomic E-state index is 0.244. The zero-order valence-corrected chi connectivity index (χ0v) is 22.8. The van der Waals surface area contributed by atoms with Gasteiger partial charge in [0.15, 0.2) is 0 Å². The molecule has 4 aromatic carbocycles. The highest BCUT2D eigenvalue weighted by molar-refractivity contribution is 5.66. The van der Waals surface area contributed by atoms with E-state index in [0.29, 0.717) is 36.5 Å². The fourth-order valence-electron chi connectivity index (χ4n) is 4.38. The van der Waals surface area contributed by atoms with Crippen molar-refractivity contribution in [2.24, 2.45) is 0 Å². The number of nitrogens with zero attached hydrogens (tertiary/aromatic N) is 1. The van der Waals surface area contributed by atoms with E-state index in [9.17, 15) is 0 Å². The lowest BCUT2D eigenvalue weighted by atomic mass is 10.1. The Morgan fingerprint density at radius 2 is 0.810 bits per heavy atom. The fourth-order valence-corrected chi connectivity index (χ4v) is 4.38. The minimum atomic E-state index is 0.244. The predicted octanol–water partition coefficient (Wildman–Crippen LogP) is 7.56. The largest absolute Gasteiger partial charge is 0.491 e. The molecule has 0 aliphatic carbocycles. The Morgan fingerprint density at radius 1 is 0.476 bits per heavy atom. The van der Waals surface area contributed by atoms with Crippen LogP contribution in [-0.2, 0) is 9.47 Å². The second-order valence-electron chi connectivity index (χ2n) is 10.1. The molecule has 42 heavy (non-hydrogen) atoms. The third kappa shape index (κ3) is 6.89. The molecule has 7 heteroatoms. The molecule has 2 atom stereocenters. The van der Waals surface area contributed by atoms with Gasteiger partial charge in [0.25, 0.3) is 0 Å². The summed E-state index contributed by atoms with van der Waals surface area (Å²) < 4.78 is 33.8. The van der Waals surface area contributed by atoms with Gasteiger partial charge in [0.05, 0.1) is 13.2 Å². The van der Waals surface area contributed by atoms with Crippen molar-refractivity contribution in [3.8, 4) is 57.0 Å². The number of rotatable bonds is 12. The third-order valence-corrected chi connectivity index (χ3v) is 6.90. The van der Waals surface area contributed by atoms with Gasteiger partial charge < -0.3 is 28.4 Å². The predicted molar refractivity (Wildman–Crippen MR) is 159 cm³/mol. The molecule has 2 aliphatic heterocycles. The highest BCUT2D eigenvalue weighted by Gasteiger charge is 2.23. The second-order valence-corrected chi connectivity index (χ2v) is 10.1. The van der Waals surface area contributed by atoms with E-state index in [4.69, 9.17) is 28.4 Å². The molecule has 0 amide bonds. The van der Waals surface area contributed by atoms with Crippen molar-refractivity contribution in [3.05, 3.63) is 115 Å². The first kappa shape index (κ1) is 26.1. The van der Waals surface area contributed by atoms with Gasteiger partial charge in [-0.15, -0.1) is 0 Å². The molecule has 7 rings (SSSR count). The lowest BCUT2D eigenvalue weighted by Crippen LogP contribution is -2.03. The molecule has 2 saturated heterocycles. The van der Waals surface area contributed by atoms with E-state index in [1.54, 1.807) is 12.1 Å². The summed E-state index contributed by atoms with van der Waals surface area (Å²) >= 11 is 0. The van der Waals surface area contributed by atoms with Crippen LogP contribution in [0.4, 0.5) is 0 Å². The number of benzene rings is 4. The normalized spacial score (nSPS) is 16.9. The van der Waals surface area contributed by atoms with Crippen LogP contribution in [0.1, 0.15) is 0 Å². The molecule has 0 spiro atoms. The van der Waals surface area contributed by atoms with Crippen molar-refractivity contribution >= 4 is 0 Å². The van der Waals surface area contributed by atoms with E-state index < -0.39 is 0 Å². The van der Waals surface area contributed by atoms with E-state index in [2.05, 4.69) is 4.98 Å². The maximum Gasteiger partial charge on any atom is 0.222 e. The quantitative estimate of drug-likeness (QED) is 0.146. The van der Waals surface area contributed by atoms with Gasteiger partial charge >= 0.3 is 0 Å². The zero-order valence-electron chi connectivity index (χ0n) is 22.8. The van der Waals surface area contributed by atoms with Crippen molar-refractivity contribution in [1.82, 2.24) is 4.98 Å². The van der Waals surface area contributed by atoms with Crippen molar-refractivity contribution in [3.63, 3.8) is 0 Å². The average molecular weight is 560 g/mol. The molecule has 0 N–H and O–H groups in total. The number of ether oxygens (including phenoxy) is 6. The van der Waals surface area contributed by atoms with Gasteiger partial charge in [-0.3, -0.25) is 0 Å². The number of hydrogen-bond acceptors (Lipinski definition) is 7. The van der Waals surface area contributed by atoms with Crippen LogP contribution in [-0.4, -0.2) is 43.6 Å². The summed E-state index contributed by atoms with van der Waals surface area (Å²) in [6.07, 6.45) is 0.489. The summed E-state index contributed by atoms with van der Waals surface area (Å²) in [4.78, 5) is 4.52. The van der Waals surface area contributed by atoms with E-state index in [1.807, 2.05) is 103 Å². The van der Waals surface area contributed by atoms with E-state index >= 15 is 0 Å². The van der Waals surface area contributed by atoms with Crippen molar-refractivity contribution < 1.29 is 28.4 Å². The van der Waals surface area contributed by atoms with Gasteiger partial charge in [0.2, 0.25) is 11.8 Å². The van der Waals surface area contributed by atoms with E-state index in [-0.39, 0.29) is 12.2 Å². The van der Waals surface area contributed by atoms with Crippen molar-refractivity contribution in [2.75, 3.05) is 26.4 Å². The standard InChI is InChI=1S/C35H29NO6/c1-2-34(41-30-16-8-26(9-17-30)24-4-12-28(13-5-24)37-20-32-22-39-32)36-35(3-1)42-31-18-10-27(11-19-31)25-6-14-29(15-7-25)38-21-33-23-40-33/h1-19,32-33H,20-23H2. The molecule has 0 radical (unpaired) electrons. The van der Waals surface area contributed by atoms with Gasteiger partial charge in [-0.05, 0) is 70.8 Å².